The van der Waals surface area contributed by atoms with Crippen molar-refractivity contribution in [3.05, 3.63) is 65.7 Å². The van der Waals surface area contributed by atoms with Crippen molar-refractivity contribution < 1.29 is 32.3 Å². The second kappa shape index (κ2) is 6.62. The largest absolute Gasteiger partial charge is 0.437 e. The molecular formula is C17H13F4N3O3. The lowest BCUT2D eigenvalue weighted by Gasteiger charge is -2.45. The van der Waals surface area contributed by atoms with Gasteiger partial charge in [0.15, 0.2) is 5.78 Å². The second-order valence-electron chi connectivity index (χ2n) is 5.98. The minimum atomic E-state index is -5.38. The summed E-state index contributed by atoms with van der Waals surface area (Å²) >= 11 is 0. The highest BCUT2D eigenvalue weighted by Gasteiger charge is 2.66. The third kappa shape index (κ3) is 3.35. The van der Waals surface area contributed by atoms with Gasteiger partial charge in [-0.1, -0.05) is 12.1 Å². The SMILES string of the molecule is O=C1N[C@H](c2cccc(F)c2)[C@@H](C(=O)c2cccnc2)[C@](O)(C(F)(F)F)N1. The monoisotopic (exact) mass is 383 g/mol. The molecule has 1 saturated heterocycles. The molecule has 2 heterocycles. The molecule has 10 heteroatoms. The smallest absolute Gasteiger partial charge is 0.363 e. The number of halogens is 4. The van der Waals surface area contributed by atoms with Gasteiger partial charge in [-0.15, -0.1) is 0 Å². The Kier molecular flexibility index (Phi) is 4.60. The van der Waals surface area contributed by atoms with E-state index >= 15 is 0 Å². The van der Waals surface area contributed by atoms with Crippen LogP contribution in [0.2, 0.25) is 0 Å². The molecule has 142 valence electrons. The van der Waals surface area contributed by atoms with E-state index in [0.29, 0.717) is 0 Å². The summed E-state index contributed by atoms with van der Waals surface area (Å²) in [6.45, 7) is 0. The fourth-order valence-corrected chi connectivity index (χ4v) is 3.00. The van der Waals surface area contributed by atoms with Gasteiger partial charge in [0.25, 0.3) is 0 Å². The molecule has 1 fully saturated rings. The molecule has 0 saturated carbocycles. The normalized spacial score (nSPS) is 25.4. The highest BCUT2D eigenvalue weighted by molar-refractivity contribution is 6.00. The predicted octanol–water partition coefficient (Wildman–Crippen LogP) is 2.32. The molecule has 1 aromatic carbocycles. The summed E-state index contributed by atoms with van der Waals surface area (Å²) in [7, 11) is 0. The van der Waals surface area contributed by atoms with E-state index in [2.05, 4.69) is 10.3 Å². The molecule has 0 bridgehead atoms. The van der Waals surface area contributed by atoms with Gasteiger partial charge < -0.3 is 15.7 Å². The van der Waals surface area contributed by atoms with Crippen molar-refractivity contribution in [2.24, 2.45) is 5.92 Å². The number of hydrogen-bond acceptors (Lipinski definition) is 4. The van der Waals surface area contributed by atoms with Gasteiger partial charge in [0.05, 0.1) is 6.04 Å². The number of urea groups is 1. The molecule has 6 nitrogen and oxygen atoms in total. The number of amides is 2. The minimum absolute atomic E-state index is 0.102. The molecule has 3 N–H and O–H groups in total. The summed E-state index contributed by atoms with van der Waals surface area (Å²) in [4.78, 5) is 28.3. The second-order valence-corrected chi connectivity index (χ2v) is 5.98. The maximum atomic E-state index is 13.7. The van der Waals surface area contributed by atoms with Crippen LogP contribution in [0.25, 0.3) is 0 Å². The van der Waals surface area contributed by atoms with Crippen LogP contribution in [0.3, 0.4) is 0 Å². The maximum absolute atomic E-state index is 13.7. The number of pyridine rings is 1. The maximum Gasteiger partial charge on any atom is 0.437 e. The van der Waals surface area contributed by atoms with Crippen molar-refractivity contribution in [1.29, 1.82) is 0 Å². The zero-order valence-corrected chi connectivity index (χ0v) is 13.5. The summed E-state index contributed by atoms with van der Waals surface area (Å²) in [6.07, 6.45) is -3.02. The van der Waals surface area contributed by atoms with E-state index in [9.17, 15) is 32.3 Å². The minimum Gasteiger partial charge on any atom is -0.363 e. The number of nitrogens with zero attached hydrogens (tertiary/aromatic N) is 1. The molecule has 0 aliphatic carbocycles. The number of ketones is 1. The van der Waals surface area contributed by atoms with E-state index in [1.165, 1.54) is 35.8 Å². The molecular weight excluding hydrogens is 370 g/mol. The molecule has 0 unspecified atom stereocenters. The highest BCUT2D eigenvalue weighted by Crippen LogP contribution is 2.43. The molecule has 1 aliphatic heterocycles. The fourth-order valence-electron chi connectivity index (χ4n) is 3.00. The van der Waals surface area contributed by atoms with Crippen LogP contribution in [0.15, 0.2) is 48.8 Å². The summed E-state index contributed by atoms with van der Waals surface area (Å²) in [5.41, 5.74) is -4.17. The molecule has 3 atom stereocenters. The lowest BCUT2D eigenvalue weighted by Crippen LogP contribution is -2.72. The number of alkyl halides is 3. The number of benzene rings is 1. The number of hydrogen-bond donors (Lipinski definition) is 3. The number of Topliss-reactive ketones (excluding diaryl/α,β-unsaturated/α-hetero) is 1. The Labute approximate surface area is 150 Å². The van der Waals surface area contributed by atoms with E-state index in [0.717, 1.165) is 18.3 Å². The van der Waals surface area contributed by atoms with Crippen molar-refractivity contribution in [3.8, 4) is 0 Å². The average Bonchev–Trinajstić information content (AvgIpc) is 2.60. The van der Waals surface area contributed by atoms with Gasteiger partial charge in [-0.05, 0) is 29.8 Å². The molecule has 2 amide bonds. The highest BCUT2D eigenvalue weighted by atomic mass is 19.4. The van der Waals surface area contributed by atoms with Crippen molar-refractivity contribution in [1.82, 2.24) is 15.6 Å². The first kappa shape index (κ1) is 18.8. The van der Waals surface area contributed by atoms with Crippen molar-refractivity contribution in [2.45, 2.75) is 17.9 Å². The van der Waals surface area contributed by atoms with E-state index in [4.69, 9.17) is 0 Å². The molecule has 0 spiro atoms. The topological polar surface area (TPSA) is 91.3 Å². The Hall–Kier alpha value is -3.01. The fraction of sp³-hybridized carbons (Fsp3) is 0.235. The van der Waals surface area contributed by atoms with Gasteiger partial charge >= 0.3 is 12.2 Å². The number of rotatable bonds is 3. The first-order valence-corrected chi connectivity index (χ1v) is 7.71. The summed E-state index contributed by atoms with van der Waals surface area (Å²) in [5, 5.41) is 13.9. The Balaban J connectivity index is 2.17. The van der Waals surface area contributed by atoms with E-state index in [1.54, 1.807) is 0 Å². The average molecular weight is 383 g/mol. The summed E-state index contributed by atoms with van der Waals surface area (Å²) < 4.78 is 54.6. The summed E-state index contributed by atoms with van der Waals surface area (Å²) in [6, 6.07) is 4.00. The quantitative estimate of drug-likeness (QED) is 0.561. The van der Waals surface area contributed by atoms with Gasteiger partial charge in [0.2, 0.25) is 5.72 Å². The van der Waals surface area contributed by atoms with E-state index in [1.807, 2.05) is 0 Å². The van der Waals surface area contributed by atoms with Crippen LogP contribution in [0.5, 0.6) is 0 Å². The van der Waals surface area contributed by atoms with Crippen LogP contribution >= 0.6 is 0 Å². The summed E-state index contributed by atoms with van der Waals surface area (Å²) in [5.74, 6) is -4.12. The van der Waals surface area contributed by atoms with Crippen molar-refractivity contribution in [2.75, 3.05) is 0 Å². The lowest BCUT2D eigenvalue weighted by atomic mass is 9.77. The number of aromatic nitrogens is 1. The Morgan fingerprint density at radius 2 is 1.96 bits per heavy atom. The zero-order valence-electron chi connectivity index (χ0n) is 13.5. The van der Waals surface area contributed by atoms with Gasteiger partial charge in [0, 0.05) is 18.0 Å². The van der Waals surface area contributed by atoms with Gasteiger partial charge in [-0.25, -0.2) is 9.18 Å². The lowest BCUT2D eigenvalue weighted by molar-refractivity contribution is -0.287. The third-order valence-corrected chi connectivity index (χ3v) is 4.24. The first-order chi connectivity index (χ1) is 12.6. The number of nitrogens with one attached hydrogen (secondary N) is 2. The molecule has 0 radical (unpaired) electrons. The Morgan fingerprint density at radius 3 is 2.56 bits per heavy atom. The molecule has 1 aliphatic rings. The van der Waals surface area contributed by atoms with Crippen LogP contribution in [0.1, 0.15) is 22.0 Å². The zero-order chi connectivity index (χ0) is 19.8. The Bertz CT molecular complexity index is 875. The van der Waals surface area contributed by atoms with Crippen molar-refractivity contribution >= 4 is 11.8 Å². The number of carbonyl (C=O) groups is 2. The van der Waals surface area contributed by atoms with Gasteiger partial charge in [-0.2, -0.15) is 13.2 Å². The van der Waals surface area contributed by atoms with Crippen LogP contribution in [-0.4, -0.2) is 33.8 Å². The number of aliphatic hydroxyl groups is 1. The van der Waals surface area contributed by atoms with Crippen LogP contribution in [0.4, 0.5) is 22.4 Å². The number of carbonyl (C=O) groups excluding carboxylic acids is 2. The van der Waals surface area contributed by atoms with Crippen LogP contribution < -0.4 is 10.6 Å². The molecule has 1 aromatic heterocycles. The van der Waals surface area contributed by atoms with E-state index < -0.39 is 41.5 Å². The van der Waals surface area contributed by atoms with Crippen LogP contribution in [-0.2, 0) is 0 Å². The standard InChI is InChI=1S/C17H13F4N3O3/c18-11-5-1-3-9(7-11)13-12(14(25)10-4-2-6-22-8-10)16(27,17(19,20)21)24-15(26)23-13/h1-8,12-13,27H,(H2,23,24,26)/t12-,13+,16-/m0/s1. The molecule has 3 rings (SSSR count). The first-order valence-electron chi connectivity index (χ1n) is 7.71. The van der Waals surface area contributed by atoms with Gasteiger partial charge in [-0.3, -0.25) is 9.78 Å². The van der Waals surface area contributed by atoms with E-state index in [-0.39, 0.29) is 11.1 Å². The molecule has 2 aromatic rings. The van der Waals surface area contributed by atoms with Crippen LogP contribution in [0, 0.1) is 11.7 Å². The molecule has 27 heavy (non-hydrogen) atoms. The predicted molar refractivity (Wildman–Crippen MR) is 83.9 cm³/mol. The van der Waals surface area contributed by atoms with Crippen molar-refractivity contribution in [3.63, 3.8) is 0 Å². The third-order valence-electron chi connectivity index (χ3n) is 4.24. The van der Waals surface area contributed by atoms with Gasteiger partial charge in [0.1, 0.15) is 11.7 Å². The Morgan fingerprint density at radius 1 is 1.22 bits per heavy atom.